The number of anilines is 1. The number of aryl methyl sites for hydroxylation is 2. The van der Waals surface area contributed by atoms with Gasteiger partial charge in [0.15, 0.2) is 0 Å². The number of nitrogens with zero attached hydrogens (tertiary/aromatic N) is 3. The number of thioether (sulfide) groups is 1. The number of aliphatic hydroxyl groups excluding tert-OH is 1. The summed E-state index contributed by atoms with van der Waals surface area (Å²) in [5.41, 5.74) is 3.48. The molecule has 8 heteroatoms. The van der Waals surface area contributed by atoms with Crippen LogP contribution in [0.4, 0.5) is 5.69 Å². The molecule has 2 aromatic rings. The summed E-state index contributed by atoms with van der Waals surface area (Å²) < 4.78 is -0.816. The molecule has 1 N–H and O–H groups in total. The van der Waals surface area contributed by atoms with E-state index in [2.05, 4.69) is 20.1 Å². The normalized spacial score (nSPS) is 27.6. The minimum Gasteiger partial charge on any atom is -0.394 e. The number of rotatable bonds is 12. The molecular weight excluding hydrogens is 570 g/mol. The number of benzene rings is 2. The Kier molecular flexibility index (Phi) is 9.42. The third-order valence-electron chi connectivity index (χ3n) is 9.84. The molecule has 0 radical (unpaired) electrons. The average Bonchev–Trinajstić information content (AvgIpc) is 3.60. The van der Waals surface area contributed by atoms with Gasteiger partial charge in [-0.1, -0.05) is 74.5 Å². The van der Waals surface area contributed by atoms with Crippen LogP contribution in [0.3, 0.4) is 0 Å². The first kappa shape index (κ1) is 32.0. The summed E-state index contributed by atoms with van der Waals surface area (Å²) in [6, 6.07) is 13.8. The summed E-state index contributed by atoms with van der Waals surface area (Å²) >= 11 is 1.66. The predicted octanol–water partition coefficient (Wildman–Crippen LogP) is 5.32. The van der Waals surface area contributed by atoms with Crippen molar-refractivity contribution in [2.75, 3.05) is 31.1 Å². The minimum absolute atomic E-state index is 0.00661. The Hall–Kier alpha value is -3.36. The van der Waals surface area contributed by atoms with Crippen molar-refractivity contribution in [2.45, 2.75) is 62.6 Å². The molecule has 2 bridgehead atoms. The smallest absolute Gasteiger partial charge is 0.251 e. The third-order valence-corrected chi connectivity index (χ3v) is 11.9. The quantitative estimate of drug-likeness (QED) is 0.327. The van der Waals surface area contributed by atoms with Gasteiger partial charge in [0.25, 0.3) is 5.91 Å². The topological polar surface area (TPSA) is 81.2 Å². The zero-order valence-corrected chi connectivity index (χ0v) is 27.1. The van der Waals surface area contributed by atoms with Gasteiger partial charge >= 0.3 is 0 Å². The van der Waals surface area contributed by atoms with Gasteiger partial charge in [0.05, 0.1) is 29.2 Å². The van der Waals surface area contributed by atoms with E-state index in [4.69, 9.17) is 0 Å². The van der Waals surface area contributed by atoms with Crippen LogP contribution in [-0.2, 0) is 14.4 Å². The first-order valence-electron chi connectivity index (χ1n) is 15.7. The summed E-state index contributed by atoms with van der Waals surface area (Å²) in [7, 11) is 0. The maximum absolute atomic E-state index is 15.2. The number of carbonyl (C=O) groups excluding carboxylic acids is 3. The Morgan fingerprint density at radius 2 is 1.73 bits per heavy atom. The highest BCUT2D eigenvalue weighted by atomic mass is 32.2. The van der Waals surface area contributed by atoms with Crippen molar-refractivity contribution < 1.29 is 19.5 Å². The Morgan fingerprint density at radius 1 is 1.07 bits per heavy atom. The lowest BCUT2D eigenvalue weighted by Crippen LogP contribution is -2.58. The van der Waals surface area contributed by atoms with E-state index in [1.165, 1.54) is 0 Å². The lowest BCUT2D eigenvalue weighted by atomic mass is 9.65. The highest BCUT2D eigenvalue weighted by molar-refractivity contribution is 8.02. The number of amides is 3. The molecule has 3 saturated heterocycles. The fourth-order valence-electron chi connectivity index (χ4n) is 8.11. The van der Waals surface area contributed by atoms with Crippen molar-refractivity contribution in [2.24, 2.45) is 17.8 Å². The molecule has 2 aromatic carbocycles. The van der Waals surface area contributed by atoms with Crippen molar-refractivity contribution in [1.82, 2.24) is 9.80 Å². The summed E-state index contributed by atoms with van der Waals surface area (Å²) in [4.78, 5) is 49.6. The van der Waals surface area contributed by atoms with Gasteiger partial charge in [0.2, 0.25) is 11.8 Å². The summed E-state index contributed by atoms with van der Waals surface area (Å²) in [6.07, 6.45) is 4.99. The van der Waals surface area contributed by atoms with Crippen molar-refractivity contribution >= 4 is 35.2 Å². The van der Waals surface area contributed by atoms with Crippen LogP contribution in [0.15, 0.2) is 73.8 Å². The highest BCUT2D eigenvalue weighted by Crippen LogP contribution is 2.69. The number of hydrogen-bond donors (Lipinski definition) is 1. The maximum Gasteiger partial charge on any atom is 0.251 e. The predicted molar refractivity (Wildman–Crippen MR) is 177 cm³/mol. The standard InChI is InChI=1S/C36H45N3O4S/c1-7-18-37(19-8-2)33(41)29-28-21-25(6)36(44-28)30(29)34(42)39(27(22-40)26-16-11-10-12-17-26)32(36)35(43)38(20-9-3)31-23(4)14-13-15-24(31)5/h7,9-17,25,27-30,32,40H,1,3,8,18-22H2,2,4-6H3/t25?,27-,28+,29-,30+,32?,36?/m1/s1. The molecule has 234 valence electrons. The van der Waals surface area contributed by atoms with Crippen LogP contribution in [0.1, 0.15) is 49.4 Å². The average molecular weight is 616 g/mol. The second-order valence-electron chi connectivity index (χ2n) is 12.5. The van der Waals surface area contributed by atoms with Gasteiger partial charge in [-0.2, -0.15) is 0 Å². The Balaban J connectivity index is 1.69. The molecule has 3 aliphatic heterocycles. The fourth-order valence-corrected chi connectivity index (χ4v) is 10.5. The minimum atomic E-state index is -0.877. The second-order valence-corrected chi connectivity index (χ2v) is 14.0. The molecule has 5 rings (SSSR count). The van der Waals surface area contributed by atoms with Gasteiger partial charge in [-0.05, 0) is 49.3 Å². The molecule has 3 heterocycles. The number of para-hydroxylation sites is 1. The molecule has 0 aromatic heterocycles. The third kappa shape index (κ3) is 5.00. The van der Waals surface area contributed by atoms with Crippen LogP contribution in [-0.4, -0.2) is 74.9 Å². The highest BCUT2D eigenvalue weighted by Gasteiger charge is 2.77. The number of carbonyl (C=O) groups is 3. The summed E-state index contributed by atoms with van der Waals surface area (Å²) in [6.45, 7) is 16.9. The van der Waals surface area contributed by atoms with Crippen molar-refractivity contribution in [3.05, 3.63) is 90.5 Å². The van der Waals surface area contributed by atoms with E-state index < -0.39 is 28.7 Å². The Labute approximate surface area is 266 Å². The monoisotopic (exact) mass is 615 g/mol. The van der Waals surface area contributed by atoms with Crippen LogP contribution >= 0.6 is 11.8 Å². The van der Waals surface area contributed by atoms with Gasteiger partial charge in [-0.25, -0.2) is 0 Å². The molecule has 3 fully saturated rings. The lowest BCUT2D eigenvalue weighted by Gasteiger charge is -2.42. The molecule has 7 nitrogen and oxygen atoms in total. The first-order chi connectivity index (χ1) is 21.2. The van der Waals surface area contributed by atoms with Crippen molar-refractivity contribution in [1.29, 1.82) is 0 Å². The molecule has 3 aliphatic rings. The zero-order valence-electron chi connectivity index (χ0n) is 26.3. The van der Waals surface area contributed by atoms with Gasteiger partial charge in [0.1, 0.15) is 6.04 Å². The second kappa shape index (κ2) is 12.9. The van der Waals surface area contributed by atoms with E-state index >= 15 is 4.79 Å². The largest absolute Gasteiger partial charge is 0.394 e. The van der Waals surface area contributed by atoms with E-state index in [0.29, 0.717) is 13.1 Å². The van der Waals surface area contributed by atoms with Gasteiger partial charge < -0.3 is 19.8 Å². The van der Waals surface area contributed by atoms with E-state index in [1.807, 2.05) is 74.2 Å². The van der Waals surface area contributed by atoms with Crippen LogP contribution in [0, 0.1) is 31.6 Å². The number of hydrogen-bond acceptors (Lipinski definition) is 5. The molecule has 44 heavy (non-hydrogen) atoms. The van der Waals surface area contributed by atoms with Crippen molar-refractivity contribution in [3.8, 4) is 0 Å². The Bertz CT molecular complexity index is 1410. The summed E-state index contributed by atoms with van der Waals surface area (Å²) in [5, 5.41) is 10.8. The van der Waals surface area contributed by atoms with Gasteiger partial charge in [-0.15, -0.1) is 24.9 Å². The SMILES string of the molecule is C=CCN(CCC)C(=O)[C@@H]1[C@@H]2CC(C)C3(S2)C(C(=O)N(CC=C)c2c(C)cccc2C)N([C@H](CO)c2ccccc2)C(=O)[C@H]13. The van der Waals surface area contributed by atoms with Crippen LogP contribution in [0.5, 0.6) is 0 Å². The number of likely N-dealkylation sites (tertiary alicyclic amines) is 1. The van der Waals surface area contributed by atoms with Crippen LogP contribution in [0.2, 0.25) is 0 Å². The zero-order chi connectivity index (χ0) is 31.8. The van der Waals surface area contributed by atoms with E-state index in [-0.39, 0.29) is 42.0 Å². The first-order valence-corrected chi connectivity index (χ1v) is 16.6. The molecule has 3 amide bonds. The molecular formula is C36H45N3O4S. The van der Waals surface area contributed by atoms with Crippen LogP contribution in [0.25, 0.3) is 0 Å². The molecule has 1 spiro atoms. The van der Waals surface area contributed by atoms with E-state index in [9.17, 15) is 14.7 Å². The fraction of sp³-hybridized carbons (Fsp3) is 0.472. The Morgan fingerprint density at radius 3 is 2.32 bits per heavy atom. The lowest BCUT2D eigenvalue weighted by molar-refractivity contribution is -0.145. The molecule has 7 atom stereocenters. The molecule has 3 unspecified atom stereocenters. The summed E-state index contributed by atoms with van der Waals surface area (Å²) in [5.74, 6) is -1.67. The molecule has 0 aliphatic carbocycles. The number of aliphatic hydroxyl groups is 1. The number of fused-ring (bicyclic) bond motifs is 1. The van der Waals surface area contributed by atoms with E-state index in [1.54, 1.807) is 33.7 Å². The van der Waals surface area contributed by atoms with Gasteiger partial charge in [0, 0.05) is 30.6 Å². The van der Waals surface area contributed by atoms with E-state index in [0.717, 1.165) is 35.2 Å². The van der Waals surface area contributed by atoms with Crippen LogP contribution < -0.4 is 4.90 Å². The van der Waals surface area contributed by atoms with Crippen molar-refractivity contribution in [3.63, 3.8) is 0 Å². The van der Waals surface area contributed by atoms with Gasteiger partial charge in [-0.3, -0.25) is 14.4 Å². The maximum atomic E-state index is 15.2. The molecule has 0 saturated carbocycles.